The monoisotopic (exact) mass is 299 g/mol. The van der Waals surface area contributed by atoms with Gasteiger partial charge >= 0.3 is 0 Å². The highest BCUT2D eigenvalue weighted by molar-refractivity contribution is 5.99. The quantitative estimate of drug-likeness (QED) is 0.934. The van der Waals surface area contributed by atoms with Crippen LogP contribution in [0.15, 0.2) is 41.3 Å². The first-order chi connectivity index (χ1) is 10.7. The molecule has 1 fully saturated rings. The van der Waals surface area contributed by atoms with Gasteiger partial charge < -0.3 is 14.6 Å². The molecule has 6 heteroatoms. The minimum atomic E-state index is -0.278. The van der Waals surface area contributed by atoms with Gasteiger partial charge in [-0.15, -0.1) is 0 Å². The highest BCUT2D eigenvalue weighted by Crippen LogP contribution is 2.13. The van der Waals surface area contributed by atoms with Crippen molar-refractivity contribution in [3.8, 4) is 0 Å². The van der Waals surface area contributed by atoms with Gasteiger partial charge in [0, 0.05) is 25.5 Å². The molecular formula is C16H17N3O3. The van der Waals surface area contributed by atoms with Crippen molar-refractivity contribution in [2.75, 3.05) is 13.1 Å². The topological polar surface area (TPSA) is 75.4 Å². The zero-order valence-corrected chi connectivity index (χ0v) is 12.1. The molecule has 1 N–H and O–H groups in total. The minimum Gasteiger partial charge on any atom is -0.467 e. The summed E-state index contributed by atoms with van der Waals surface area (Å²) < 4.78 is 5.16. The highest BCUT2D eigenvalue weighted by atomic mass is 16.3. The average Bonchev–Trinajstić information content (AvgIpc) is 3.25. The number of furan rings is 1. The van der Waals surface area contributed by atoms with Crippen LogP contribution in [0.1, 0.15) is 39.3 Å². The van der Waals surface area contributed by atoms with Crippen LogP contribution in [-0.2, 0) is 6.54 Å². The Morgan fingerprint density at radius 1 is 1.23 bits per heavy atom. The van der Waals surface area contributed by atoms with E-state index in [2.05, 4.69) is 10.3 Å². The number of likely N-dealkylation sites (tertiary alicyclic amines) is 1. The molecule has 1 saturated heterocycles. The van der Waals surface area contributed by atoms with Gasteiger partial charge in [0.25, 0.3) is 11.8 Å². The largest absolute Gasteiger partial charge is 0.467 e. The lowest BCUT2D eigenvalue weighted by Gasteiger charge is -2.15. The Hall–Kier alpha value is -2.63. The second-order valence-electron chi connectivity index (χ2n) is 5.22. The van der Waals surface area contributed by atoms with Gasteiger partial charge in [0.1, 0.15) is 5.76 Å². The van der Waals surface area contributed by atoms with Crippen LogP contribution in [0.25, 0.3) is 0 Å². The Bertz CT molecular complexity index is 661. The van der Waals surface area contributed by atoms with E-state index >= 15 is 0 Å². The predicted molar refractivity (Wildman–Crippen MR) is 79.3 cm³/mol. The molecule has 2 aromatic rings. The molecule has 0 spiro atoms. The van der Waals surface area contributed by atoms with Crippen molar-refractivity contribution in [1.29, 1.82) is 0 Å². The van der Waals surface area contributed by atoms with Crippen molar-refractivity contribution >= 4 is 11.8 Å². The zero-order valence-electron chi connectivity index (χ0n) is 12.1. The molecule has 0 radical (unpaired) electrons. The van der Waals surface area contributed by atoms with Gasteiger partial charge in [-0.3, -0.25) is 14.6 Å². The van der Waals surface area contributed by atoms with Crippen LogP contribution < -0.4 is 5.32 Å². The number of carbonyl (C=O) groups is 2. The Morgan fingerprint density at radius 3 is 2.73 bits per heavy atom. The van der Waals surface area contributed by atoms with Crippen LogP contribution in [0.2, 0.25) is 0 Å². The normalized spacial score (nSPS) is 14.1. The van der Waals surface area contributed by atoms with E-state index < -0.39 is 0 Å². The molecule has 22 heavy (non-hydrogen) atoms. The van der Waals surface area contributed by atoms with Gasteiger partial charge in [-0.2, -0.15) is 0 Å². The summed E-state index contributed by atoms with van der Waals surface area (Å²) in [6, 6.07) is 5.13. The maximum absolute atomic E-state index is 12.3. The molecule has 1 aliphatic rings. The Balaban J connectivity index is 1.67. The SMILES string of the molecule is O=C(NCc1ccco1)c1cncc(C(=O)N2CCCC2)c1. The van der Waals surface area contributed by atoms with E-state index in [0.29, 0.717) is 23.4 Å². The summed E-state index contributed by atoms with van der Waals surface area (Å²) in [5.41, 5.74) is 0.823. The van der Waals surface area contributed by atoms with Crippen molar-refractivity contribution in [3.63, 3.8) is 0 Å². The summed E-state index contributed by atoms with van der Waals surface area (Å²) >= 11 is 0. The van der Waals surface area contributed by atoms with Crippen LogP contribution in [0.3, 0.4) is 0 Å². The Morgan fingerprint density at radius 2 is 2.00 bits per heavy atom. The molecule has 0 saturated carbocycles. The highest BCUT2D eigenvalue weighted by Gasteiger charge is 2.20. The molecule has 0 aliphatic carbocycles. The number of nitrogens with zero attached hydrogens (tertiary/aromatic N) is 2. The molecule has 6 nitrogen and oxygen atoms in total. The number of carbonyl (C=O) groups excluding carboxylic acids is 2. The first kappa shape index (κ1) is 14.3. The number of aromatic nitrogens is 1. The van der Waals surface area contributed by atoms with Crippen molar-refractivity contribution in [3.05, 3.63) is 53.7 Å². The number of hydrogen-bond donors (Lipinski definition) is 1. The molecule has 0 bridgehead atoms. The van der Waals surface area contributed by atoms with Gasteiger partial charge in [-0.25, -0.2) is 0 Å². The summed E-state index contributed by atoms with van der Waals surface area (Å²) in [6.07, 6.45) is 6.57. The summed E-state index contributed by atoms with van der Waals surface area (Å²) in [5.74, 6) is 0.330. The summed E-state index contributed by atoms with van der Waals surface area (Å²) in [4.78, 5) is 30.2. The van der Waals surface area contributed by atoms with E-state index in [1.165, 1.54) is 12.4 Å². The lowest BCUT2D eigenvalue weighted by Crippen LogP contribution is -2.28. The molecule has 2 aromatic heterocycles. The molecule has 3 heterocycles. The van der Waals surface area contributed by atoms with E-state index in [-0.39, 0.29) is 11.8 Å². The van der Waals surface area contributed by atoms with Crippen molar-refractivity contribution in [2.24, 2.45) is 0 Å². The molecule has 0 atom stereocenters. The maximum atomic E-state index is 12.3. The molecule has 3 rings (SSSR count). The summed E-state index contributed by atoms with van der Waals surface area (Å²) in [6.45, 7) is 1.84. The van der Waals surface area contributed by atoms with Crippen LogP contribution >= 0.6 is 0 Å². The molecular weight excluding hydrogens is 282 g/mol. The van der Waals surface area contributed by atoms with Gasteiger partial charge in [-0.1, -0.05) is 0 Å². The van der Waals surface area contributed by atoms with E-state index in [1.54, 1.807) is 29.4 Å². The molecule has 0 aromatic carbocycles. The Labute approximate surface area is 128 Å². The van der Waals surface area contributed by atoms with E-state index in [1.807, 2.05) is 0 Å². The van der Waals surface area contributed by atoms with E-state index in [4.69, 9.17) is 4.42 Å². The van der Waals surface area contributed by atoms with Gasteiger partial charge in [0.05, 0.1) is 23.9 Å². The van der Waals surface area contributed by atoms with Crippen LogP contribution in [0.5, 0.6) is 0 Å². The number of amides is 2. The standard InChI is InChI=1S/C16H17N3O3/c20-15(18-11-14-4-3-7-22-14)12-8-13(10-17-9-12)16(21)19-5-1-2-6-19/h3-4,7-10H,1-2,5-6,11H2,(H,18,20). The first-order valence-electron chi connectivity index (χ1n) is 7.29. The maximum Gasteiger partial charge on any atom is 0.255 e. The number of hydrogen-bond acceptors (Lipinski definition) is 4. The van der Waals surface area contributed by atoms with E-state index in [0.717, 1.165) is 25.9 Å². The molecule has 1 aliphatic heterocycles. The third-order valence-electron chi connectivity index (χ3n) is 3.64. The summed E-state index contributed by atoms with van der Waals surface area (Å²) in [5, 5.41) is 2.74. The van der Waals surface area contributed by atoms with Crippen LogP contribution in [0.4, 0.5) is 0 Å². The molecule has 0 unspecified atom stereocenters. The van der Waals surface area contributed by atoms with E-state index in [9.17, 15) is 9.59 Å². The number of pyridine rings is 1. The average molecular weight is 299 g/mol. The van der Waals surface area contributed by atoms with Crippen molar-refractivity contribution in [1.82, 2.24) is 15.2 Å². The lowest BCUT2D eigenvalue weighted by atomic mass is 10.1. The van der Waals surface area contributed by atoms with Gasteiger partial charge in [0.2, 0.25) is 0 Å². The molecule has 114 valence electrons. The van der Waals surface area contributed by atoms with Crippen molar-refractivity contribution in [2.45, 2.75) is 19.4 Å². The summed E-state index contributed by atoms with van der Waals surface area (Å²) in [7, 11) is 0. The zero-order chi connectivity index (χ0) is 15.4. The second kappa shape index (κ2) is 6.43. The lowest BCUT2D eigenvalue weighted by molar-refractivity contribution is 0.0792. The molecule has 2 amide bonds. The predicted octanol–water partition coefficient (Wildman–Crippen LogP) is 1.84. The van der Waals surface area contributed by atoms with Crippen LogP contribution in [-0.4, -0.2) is 34.8 Å². The van der Waals surface area contributed by atoms with Crippen LogP contribution in [0, 0.1) is 0 Å². The van der Waals surface area contributed by atoms with Gasteiger partial charge in [0.15, 0.2) is 0 Å². The Kier molecular flexibility index (Phi) is 4.18. The van der Waals surface area contributed by atoms with Gasteiger partial charge in [-0.05, 0) is 31.0 Å². The smallest absolute Gasteiger partial charge is 0.255 e. The minimum absolute atomic E-state index is 0.0642. The van der Waals surface area contributed by atoms with Crippen molar-refractivity contribution < 1.29 is 14.0 Å². The fourth-order valence-corrected chi connectivity index (χ4v) is 2.47. The third kappa shape index (κ3) is 3.16. The fourth-order valence-electron chi connectivity index (χ4n) is 2.47. The fraction of sp³-hybridized carbons (Fsp3) is 0.312. The second-order valence-corrected chi connectivity index (χ2v) is 5.22. The number of nitrogens with one attached hydrogen (secondary N) is 1. The third-order valence-corrected chi connectivity index (χ3v) is 3.64. The number of rotatable bonds is 4. The first-order valence-corrected chi connectivity index (χ1v) is 7.29.